The van der Waals surface area contributed by atoms with Gasteiger partial charge in [0.05, 0.1) is 12.5 Å². The third-order valence-electron chi connectivity index (χ3n) is 3.85. The van der Waals surface area contributed by atoms with E-state index in [9.17, 15) is 9.59 Å². The maximum Gasteiger partial charge on any atom is 0.251 e. The number of carbonyl (C=O) groups is 2. The molecule has 0 saturated heterocycles. The van der Waals surface area contributed by atoms with Crippen LogP contribution in [0.25, 0.3) is 0 Å². The monoisotopic (exact) mass is 412 g/mol. The summed E-state index contributed by atoms with van der Waals surface area (Å²) in [5.41, 5.74) is 1.41. The van der Waals surface area contributed by atoms with Gasteiger partial charge >= 0.3 is 0 Å². The van der Waals surface area contributed by atoms with Crippen LogP contribution in [0.3, 0.4) is 0 Å². The molecule has 0 unspecified atom stereocenters. The van der Waals surface area contributed by atoms with Gasteiger partial charge in [-0.15, -0.1) is 10.2 Å². The summed E-state index contributed by atoms with van der Waals surface area (Å²) >= 11 is 2.92. The van der Waals surface area contributed by atoms with Crippen LogP contribution in [0.2, 0.25) is 0 Å². The van der Waals surface area contributed by atoms with E-state index in [1.54, 1.807) is 36.0 Å². The fourth-order valence-electron chi connectivity index (χ4n) is 2.57. The molecule has 2 N–H and O–H groups in total. The predicted molar refractivity (Wildman–Crippen MR) is 113 cm³/mol. The number of carbonyl (C=O) groups excluding carboxylic acids is 2. The lowest BCUT2D eigenvalue weighted by Crippen LogP contribution is -2.31. The Kier molecular flexibility index (Phi) is 7.16. The fraction of sp³-hybridized carbons (Fsp3) is 0.200. The van der Waals surface area contributed by atoms with Crippen molar-refractivity contribution in [1.29, 1.82) is 0 Å². The van der Waals surface area contributed by atoms with Gasteiger partial charge in [-0.3, -0.25) is 9.59 Å². The Morgan fingerprint density at radius 3 is 2.39 bits per heavy atom. The molecule has 3 rings (SSSR count). The zero-order chi connectivity index (χ0) is 19.8. The lowest BCUT2D eigenvalue weighted by molar-refractivity contribution is -0.116. The first-order valence-corrected chi connectivity index (χ1v) is 10.6. The molecule has 1 aromatic heterocycles. The molecule has 3 aromatic rings. The molecular weight excluding hydrogens is 392 g/mol. The first kappa shape index (κ1) is 20.0. The largest absolute Gasteiger partial charge is 0.345 e. The number of amides is 2. The molecule has 28 heavy (non-hydrogen) atoms. The van der Waals surface area contributed by atoms with E-state index in [1.165, 1.54) is 11.3 Å². The van der Waals surface area contributed by atoms with E-state index in [2.05, 4.69) is 20.8 Å². The summed E-state index contributed by atoms with van der Waals surface area (Å²) in [6.45, 7) is 2.03. The zero-order valence-corrected chi connectivity index (χ0v) is 16.9. The van der Waals surface area contributed by atoms with E-state index in [-0.39, 0.29) is 18.2 Å². The minimum atomic E-state index is -0.452. The number of hydrogen-bond donors (Lipinski definition) is 2. The second-order valence-electron chi connectivity index (χ2n) is 5.86. The summed E-state index contributed by atoms with van der Waals surface area (Å²) in [6.07, 6.45) is 0.0957. The van der Waals surface area contributed by atoms with Crippen LogP contribution < -0.4 is 10.6 Å². The van der Waals surface area contributed by atoms with Gasteiger partial charge in [-0.25, -0.2) is 0 Å². The summed E-state index contributed by atoms with van der Waals surface area (Å²) in [7, 11) is 0. The predicted octanol–water partition coefficient (Wildman–Crippen LogP) is 4.15. The smallest absolute Gasteiger partial charge is 0.251 e. The van der Waals surface area contributed by atoms with Gasteiger partial charge in [-0.1, -0.05) is 78.6 Å². The van der Waals surface area contributed by atoms with E-state index in [1.807, 2.05) is 43.3 Å². The molecule has 0 aliphatic carbocycles. The van der Waals surface area contributed by atoms with Gasteiger partial charge in [0.2, 0.25) is 11.0 Å². The van der Waals surface area contributed by atoms with E-state index < -0.39 is 6.04 Å². The van der Waals surface area contributed by atoms with E-state index >= 15 is 0 Å². The van der Waals surface area contributed by atoms with Gasteiger partial charge in [0.15, 0.2) is 4.34 Å². The highest BCUT2D eigenvalue weighted by atomic mass is 32.2. The Labute approximate surface area is 171 Å². The summed E-state index contributed by atoms with van der Waals surface area (Å²) in [6, 6.07) is 17.9. The molecule has 2 aromatic carbocycles. The topological polar surface area (TPSA) is 84.0 Å². The van der Waals surface area contributed by atoms with Crippen molar-refractivity contribution in [2.75, 3.05) is 11.1 Å². The van der Waals surface area contributed by atoms with E-state index in [4.69, 9.17) is 0 Å². The van der Waals surface area contributed by atoms with Gasteiger partial charge in [0.1, 0.15) is 0 Å². The Hall–Kier alpha value is -2.71. The van der Waals surface area contributed by atoms with Gasteiger partial charge in [0.25, 0.3) is 5.91 Å². The molecule has 0 saturated carbocycles. The summed E-state index contributed by atoms with van der Waals surface area (Å²) in [5.74, 6) is 0.440. The number of benzene rings is 2. The molecule has 0 aliphatic rings. The van der Waals surface area contributed by atoms with Crippen molar-refractivity contribution < 1.29 is 9.59 Å². The lowest BCUT2D eigenvalue weighted by atomic mass is 10.0. The molecule has 1 atom stereocenters. The number of anilines is 1. The first-order chi connectivity index (χ1) is 13.7. The second-order valence-corrected chi connectivity index (χ2v) is 8.35. The molecule has 6 nitrogen and oxygen atoms in total. The third kappa shape index (κ3) is 5.64. The normalized spacial score (nSPS) is 11.6. The van der Waals surface area contributed by atoms with Crippen LogP contribution in [0.15, 0.2) is 65.0 Å². The van der Waals surface area contributed by atoms with Crippen LogP contribution in [0.5, 0.6) is 0 Å². The molecule has 8 heteroatoms. The Bertz CT molecular complexity index is 916. The molecule has 1 heterocycles. The van der Waals surface area contributed by atoms with Crippen molar-refractivity contribution >= 4 is 40.0 Å². The molecule has 0 fully saturated rings. The minimum absolute atomic E-state index is 0.0957. The molecule has 0 spiro atoms. The highest BCUT2D eigenvalue weighted by Crippen LogP contribution is 2.26. The third-order valence-corrected chi connectivity index (χ3v) is 5.71. The van der Waals surface area contributed by atoms with Crippen LogP contribution >= 0.6 is 23.1 Å². The minimum Gasteiger partial charge on any atom is -0.345 e. The molecule has 0 radical (unpaired) electrons. The van der Waals surface area contributed by atoms with E-state index in [0.717, 1.165) is 15.7 Å². The molecule has 0 bridgehead atoms. The Balaban J connectivity index is 1.70. The highest BCUT2D eigenvalue weighted by molar-refractivity contribution is 8.01. The van der Waals surface area contributed by atoms with Gasteiger partial charge in [0, 0.05) is 5.56 Å². The quantitative estimate of drug-likeness (QED) is 0.429. The van der Waals surface area contributed by atoms with Crippen molar-refractivity contribution in [2.45, 2.75) is 23.7 Å². The average Bonchev–Trinajstić information content (AvgIpc) is 3.16. The van der Waals surface area contributed by atoms with E-state index in [0.29, 0.717) is 10.7 Å². The number of thioether (sulfide) groups is 1. The maximum absolute atomic E-state index is 12.6. The highest BCUT2D eigenvalue weighted by Gasteiger charge is 2.20. The number of nitrogens with zero attached hydrogens (tertiary/aromatic N) is 2. The number of hydrogen-bond acceptors (Lipinski definition) is 6. The summed E-state index contributed by atoms with van der Waals surface area (Å²) < 4.78 is 0.815. The van der Waals surface area contributed by atoms with Gasteiger partial charge in [-0.05, 0) is 23.4 Å². The number of nitrogens with one attached hydrogen (secondary N) is 2. The van der Waals surface area contributed by atoms with Crippen LogP contribution in [-0.2, 0) is 4.79 Å². The molecule has 0 aliphatic heterocycles. The van der Waals surface area contributed by atoms with Crippen molar-refractivity contribution in [3.63, 3.8) is 0 Å². The van der Waals surface area contributed by atoms with Crippen molar-refractivity contribution in [3.8, 4) is 0 Å². The summed E-state index contributed by atoms with van der Waals surface area (Å²) in [5, 5.41) is 14.2. The van der Waals surface area contributed by atoms with Crippen molar-refractivity contribution in [2.24, 2.45) is 0 Å². The molecular formula is C20H20N4O2S2. The van der Waals surface area contributed by atoms with Crippen LogP contribution in [0, 0.1) is 0 Å². The zero-order valence-electron chi connectivity index (χ0n) is 15.3. The van der Waals surface area contributed by atoms with Crippen molar-refractivity contribution in [1.82, 2.24) is 15.5 Å². The van der Waals surface area contributed by atoms with Crippen LogP contribution in [-0.4, -0.2) is 27.8 Å². The fourth-order valence-corrected chi connectivity index (χ4v) is 4.23. The van der Waals surface area contributed by atoms with Gasteiger partial charge < -0.3 is 10.6 Å². The number of aromatic nitrogens is 2. The second kappa shape index (κ2) is 10.0. The Morgan fingerprint density at radius 1 is 1.04 bits per heavy atom. The first-order valence-electron chi connectivity index (χ1n) is 8.82. The summed E-state index contributed by atoms with van der Waals surface area (Å²) in [4.78, 5) is 25.1. The molecule has 144 valence electrons. The van der Waals surface area contributed by atoms with Crippen LogP contribution in [0.1, 0.15) is 35.3 Å². The van der Waals surface area contributed by atoms with Crippen molar-refractivity contribution in [3.05, 3.63) is 71.8 Å². The molecule has 2 amide bonds. The van der Waals surface area contributed by atoms with Gasteiger partial charge in [-0.2, -0.15) is 0 Å². The lowest BCUT2D eigenvalue weighted by Gasteiger charge is -2.18. The average molecular weight is 413 g/mol. The van der Waals surface area contributed by atoms with Crippen LogP contribution in [0.4, 0.5) is 5.13 Å². The standard InChI is InChI=1S/C20H20N4O2S2/c1-2-27-20-24-23-19(28-20)22-17(25)13-16(14-9-5-3-6-10-14)21-18(26)15-11-7-4-8-12-15/h3-12,16H,2,13H2,1H3,(H,21,26)(H,22,23,25)/t16-/m0/s1. The maximum atomic E-state index is 12.6. The Morgan fingerprint density at radius 2 is 1.71 bits per heavy atom. The SMILES string of the molecule is CCSc1nnc(NC(=O)C[C@H](NC(=O)c2ccccc2)c2ccccc2)s1. The number of rotatable bonds is 8.